The molecule has 0 aliphatic rings. The first-order chi connectivity index (χ1) is 12.6. The van der Waals surface area contributed by atoms with Crippen LogP contribution in [0.25, 0.3) is 22.6 Å². The maximum atomic E-state index is 13.9. The molecule has 26 heavy (non-hydrogen) atoms. The fraction of sp³-hybridized carbons (Fsp3) is 0.0526. The van der Waals surface area contributed by atoms with Crippen molar-refractivity contribution in [3.63, 3.8) is 0 Å². The minimum Gasteiger partial charge on any atom is -0.337 e. The molecule has 3 nitrogen and oxygen atoms in total. The minimum absolute atomic E-state index is 0.00660. The zero-order valence-electron chi connectivity index (χ0n) is 13.3. The molecule has 0 fully saturated rings. The van der Waals surface area contributed by atoms with Gasteiger partial charge in [-0.1, -0.05) is 29.8 Å². The Hall–Kier alpha value is -2.44. The Morgan fingerprint density at radius 3 is 2.73 bits per heavy atom. The van der Waals surface area contributed by atoms with Gasteiger partial charge in [0.15, 0.2) is 11.6 Å². The third-order valence-electron chi connectivity index (χ3n) is 3.84. The molecular weight excluding hydrogens is 376 g/mol. The molecule has 0 saturated heterocycles. The maximum absolute atomic E-state index is 13.9. The summed E-state index contributed by atoms with van der Waals surface area (Å²) in [4.78, 5) is 12.2. The normalized spacial score (nSPS) is 11.2. The molecule has 4 rings (SSSR count). The van der Waals surface area contributed by atoms with Crippen molar-refractivity contribution in [3.8, 4) is 11.5 Å². The van der Waals surface area contributed by atoms with Crippen molar-refractivity contribution in [2.24, 2.45) is 0 Å². The summed E-state index contributed by atoms with van der Waals surface area (Å²) in [6.45, 7) is 0. The van der Waals surface area contributed by atoms with Gasteiger partial charge in [-0.05, 0) is 29.8 Å². The third-order valence-corrected chi connectivity index (χ3v) is 5.25. The Morgan fingerprint density at radius 1 is 1.08 bits per heavy atom. The summed E-state index contributed by atoms with van der Waals surface area (Å²) in [5.74, 6) is -0.468. The van der Waals surface area contributed by atoms with Crippen molar-refractivity contribution in [1.82, 2.24) is 15.0 Å². The van der Waals surface area contributed by atoms with Crippen molar-refractivity contribution in [1.29, 1.82) is 0 Å². The van der Waals surface area contributed by atoms with Gasteiger partial charge in [0.2, 0.25) is 0 Å². The molecule has 0 saturated carbocycles. The van der Waals surface area contributed by atoms with Gasteiger partial charge in [-0.25, -0.2) is 18.7 Å². The number of imidazole rings is 1. The molecule has 0 aliphatic heterocycles. The fourth-order valence-electron chi connectivity index (χ4n) is 2.56. The van der Waals surface area contributed by atoms with Crippen LogP contribution >= 0.6 is 23.4 Å². The monoisotopic (exact) mass is 387 g/mol. The summed E-state index contributed by atoms with van der Waals surface area (Å²) in [7, 11) is 0. The average molecular weight is 388 g/mol. The van der Waals surface area contributed by atoms with E-state index in [2.05, 4.69) is 15.0 Å². The first-order valence-electron chi connectivity index (χ1n) is 7.77. The molecule has 0 aliphatic carbocycles. The quantitative estimate of drug-likeness (QED) is 0.446. The number of nitrogens with one attached hydrogen (secondary N) is 1. The van der Waals surface area contributed by atoms with Gasteiger partial charge in [0.05, 0.1) is 17.2 Å². The van der Waals surface area contributed by atoms with Crippen LogP contribution in [0.5, 0.6) is 0 Å². The van der Waals surface area contributed by atoms with Gasteiger partial charge in [0.25, 0.3) is 0 Å². The minimum atomic E-state index is -0.752. The molecule has 1 N–H and O–H groups in total. The van der Waals surface area contributed by atoms with E-state index in [-0.39, 0.29) is 11.5 Å². The lowest BCUT2D eigenvalue weighted by Gasteiger charge is -2.04. The Kier molecular flexibility index (Phi) is 4.61. The molecule has 7 heteroatoms. The van der Waals surface area contributed by atoms with E-state index in [1.54, 1.807) is 11.8 Å². The van der Waals surface area contributed by atoms with E-state index in [1.807, 2.05) is 42.5 Å². The molecule has 4 aromatic rings. The molecule has 0 unspecified atom stereocenters. The summed E-state index contributed by atoms with van der Waals surface area (Å²) in [5.41, 5.74) is 2.50. The summed E-state index contributed by atoms with van der Waals surface area (Å²) in [6.07, 6.45) is 0.969. The summed E-state index contributed by atoms with van der Waals surface area (Å²) < 4.78 is 26.9. The number of hydrogen-bond donors (Lipinski definition) is 1. The van der Waals surface area contributed by atoms with E-state index in [0.29, 0.717) is 5.52 Å². The zero-order valence-corrected chi connectivity index (χ0v) is 14.9. The van der Waals surface area contributed by atoms with Gasteiger partial charge in [-0.15, -0.1) is 11.8 Å². The molecule has 0 atom stereocenters. The lowest BCUT2D eigenvalue weighted by molar-refractivity contribution is 0.575. The first-order valence-corrected chi connectivity index (χ1v) is 9.14. The smallest absolute Gasteiger partial charge is 0.160 e. The van der Waals surface area contributed by atoms with Crippen LogP contribution in [0.3, 0.4) is 0 Å². The Morgan fingerprint density at radius 2 is 1.92 bits per heavy atom. The Labute approximate surface area is 157 Å². The maximum Gasteiger partial charge on any atom is 0.160 e. The fourth-order valence-corrected chi connectivity index (χ4v) is 3.78. The number of H-pyrrole nitrogens is 1. The second-order valence-electron chi connectivity index (χ2n) is 5.63. The van der Waals surface area contributed by atoms with E-state index in [9.17, 15) is 8.78 Å². The molecule has 2 heterocycles. The average Bonchev–Trinajstić information content (AvgIpc) is 3.04. The molecule has 2 aromatic carbocycles. The number of thioether (sulfide) groups is 1. The number of benzene rings is 2. The molecule has 0 spiro atoms. The van der Waals surface area contributed by atoms with Crippen molar-refractivity contribution in [2.75, 3.05) is 0 Å². The Balaban J connectivity index is 1.60. The van der Waals surface area contributed by atoms with Crippen molar-refractivity contribution in [2.45, 2.75) is 10.6 Å². The standard InChI is InChI=1S/C19H12ClF2N3S/c20-14-4-2-1-3-11(14)10-26-13-5-6-16-17(8-13)25-19(24-16)18-15(22)7-12(21)9-23-18/h1-9H,10H2,(H,24,25). The number of aromatic nitrogens is 3. The van der Waals surface area contributed by atoms with Gasteiger partial charge in [0, 0.05) is 21.7 Å². The van der Waals surface area contributed by atoms with Crippen LogP contribution in [0.15, 0.2) is 59.6 Å². The second-order valence-corrected chi connectivity index (χ2v) is 7.08. The highest BCUT2D eigenvalue weighted by Crippen LogP contribution is 2.29. The van der Waals surface area contributed by atoms with E-state index >= 15 is 0 Å². The van der Waals surface area contributed by atoms with Crippen LogP contribution in [0.4, 0.5) is 8.78 Å². The number of hydrogen-bond acceptors (Lipinski definition) is 3. The highest BCUT2D eigenvalue weighted by molar-refractivity contribution is 7.98. The molecule has 0 amide bonds. The lowest BCUT2D eigenvalue weighted by atomic mass is 10.2. The van der Waals surface area contributed by atoms with Crippen LogP contribution < -0.4 is 0 Å². The summed E-state index contributed by atoms with van der Waals surface area (Å²) in [6, 6.07) is 14.2. The van der Waals surface area contributed by atoms with Crippen molar-refractivity contribution in [3.05, 3.63) is 76.9 Å². The second kappa shape index (κ2) is 7.05. The van der Waals surface area contributed by atoms with E-state index < -0.39 is 11.6 Å². The molecule has 0 bridgehead atoms. The predicted octanol–water partition coefficient (Wildman–Crippen LogP) is 5.85. The van der Waals surface area contributed by atoms with Crippen molar-refractivity contribution < 1.29 is 8.78 Å². The van der Waals surface area contributed by atoms with Crippen LogP contribution in [-0.2, 0) is 5.75 Å². The Bertz CT molecular complexity index is 1100. The topological polar surface area (TPSA) is 41.6 Å². The summed E-state index contributed by atoms with van der Waals surface area (Å²) in [5, 5.41) is 0.739. The highest BCUT2D eigenvalue weighted by Gasteiger charge is 2.13. The number of nitrogens with zero attached hydrogens (tertiary/aromatic N) is 2. The first kappa shape index (κ1) is 17.0. The number of halogens is 3. The van der Waals surface area contributed by atoms with Crippen LogP contribution in [-0.4, -0.2) is 15.0 Å². The number of pyridine rings is 1. The number of aromatic amines is 1. The SMILES string of the molecule is Fc1cnc(-c2nc3ccc(SCc4ccccc4Cl)cc3[nH]2)c(F)c1. The van der Waals surface area contributed by atoms with E-state index in [0.717, 1.165) is 39.0 Å². The van der Waals surface area contributed by atoms with Gasteiger partial charge in [0.1, 0.15) is 11.5 Å². The van der Waals surface area contributed by atoms with Gasteiger partial charge in [-0.2, -0.15) is 0 Å². The van der Waals surface area contributed by atoms with Crippen molar-refractivity contribution >= 4 is 34.4 Å². The predicted molar refractivity (Wildman–Crippen MR) is 100 cm³/mol. The van der Waals surface area contributed by atoms with Crippen LogP contribution in [0, 0.1) is 11.6 Å². The number of rotatable bonds is 4. The van der Waals surface area contributed by atoms with E-state index in [4.69, 9.17) is 11.6 Å². The van der Waals surface area contributed by atoms with Crippen LogP contribution in [0.2, 0.25) is 5.02 Å². The molecule has 0 radical (unpaired) electrons. The molecule has 2 aromatic heterocycles. The van der Waals surface area contributed by atoms with Gasteiger partial charge >= 0.3 is 0 Å². The zero-order chi connectivity index (χ0) is 18.1. The largest absolute Gasteiger partial charge is 0.337 e. The lowest BCUT2D eigenvalue weighted by Crippen LogP contribution is -1.92. The summed E-state index contributed by atoms with van der Waals surface area (Å²) >= 11 is 7.83. The van der Waals surface area contributed by atoms with Crippen LogP contribution in [0.1, 0.15) is 5.56 Å². The third kappa shape index (κ3) is 3.43. The molecular formula is C19H12ClF2N3S. The highest BCUT2D eigenvalue weighted by atomic mass is 35.5. The molecule has 130 valence electrons. The number of fused-ring (bicyclic) bond motifs is 1. The van der Waals surface area contributed by atoms with Gasteiger partial charge < -0.3 is 4.98 Å². The van der Waals surface area contributed by atoms with Gasteiger partial charge in [-0.3, -0.25) is 0 Å². The van der Waals surface area contributed by atoms with E-state index in [1.165, 1.54) is 0 Å².